The molecule has 0 saturated heterocycles. The van der Waals surface area contributed by atoms with E-state index in [1.165, 1.54) is 13.0 Å². The van der Waals surface area contributed by atoms with Gasteiger partial charge in [0.2, 0.25) is 0 Å². The molecule has 6 heteroatoms. The fourth-order valence-electron chi connectivity index (χ4n) is 2.18. The first-order valence-corrected chi connectivity index (χ1v) is 7.17. The smallest absolute Gasteiger partial charge is 0.293 e. The van der Waals surface area contributed by atoms with Crippen LogP contribution in [0.25, 0.3) is 0 Å². The van der Waals surface area contributed by atoms with Gasteiger partial charge in [-0.15, -0.1) is 0 Å². The third-order valence-corrected chi connectivity index (χ3v) is 3.49. The standard InChI is InChI=1S/C17H18N2O4/c1-12(20)14-5-8-16(17(11-14)19(21)22)18-10-9-13-3-6-15(23-2)7-4-13/h3-8,11,18H,9-10H2,1-2H3. The Hall–Kier alpha value is -2.89. The lowest BCUT2D eigenvalue weighted by Gasteiger charge is -2.08. The highest BCUT2D eigenvalue weighted by Gasteiger charge is 2.15. The largest absolute Gasteiger partial charge is 0.497 e. The molecule has 23 heavy (non-hydrogen) atoms. The molecule has 0 spiro atoms. The third kappa shape index (κ3) is 4.29. The number of nitrogens with zero attached hydrogens (tertiary/aromatic N) is 1. The van der Waals surface area contributed by atoms with Crippen molar-refractivity contribution in [1.82, 2.24) is 0 Å². The Bertz CT molecular complexity index is 711. The van der Waals surface area contributed by atoms with Crippen molar-refractivity contribution in [2.75, 3.05) is 19.0 Å². The van der Waals surface area contributed by atoms with Gasteiger partial charge in [0.05, 0.1) is 12.0 Å². The predicted octanol–water partition coefficient (Wildman–Crippen LogP) is 3.46. The zero-order valence-electron chi connectivity index (χ0n) is 13.0. The number of Topliss-reactive ketones (excluding diaryl/α,β-unsaturated/α-hetero) is 1. The minimum absolute atomic E-state index is 0.0903. The minimum Gasteiger partial charge on any atom is -0.497 e. The van der Waals surface area contributed by atoms with Crippen molar-refractivity contribution >= 4 is 17.2 Å². The van der Waals surface area contributed by atoms with E-state index in [0.717, 1.165) is 17.7 Å². The van der Waals surface area contributed by atoms with Crippen LogP contribution < -0.4 is 10.1 Å². The van der Waals surface area contributed by atoms with Crippen LogP contribution in [0.5, 0.6) is 5.75 Å². The number of methoxy groups -OCH3 is 1. The van der Waals surface area contributed by atoms with Gasteiger partial charge in [-0.1, -0.05) is 12.1 Å². The normalized spacial score (nSPS) is 10.2. The van der Waals surface area contributed by atoms with E-state index >= 15 is 0 Å². The maximum absolute atomic E-state index is 11.3. The molecule has 6 nitrogen and oxygen atoms in total. The van der Waals surface area contributed by atoms with Crippen molar-refractivity contribution in [1.29, 1.82) is 0 Å². The van der Waals surface area contributed by atoms with Crippen molar-refractivity contribution in [3.8, 4) is 5.75 Å². The third-order valence-electron chi connectivity index (χ3n) is 3.49. The maximum Gasteiger partial charge on any atom is 0.293 e. The average Bonchev–Trinajstić information content (AvgIpc) is 2.55. The molecule has 0 bridgehead atoms. The van der Waals surface area contributed by atoms with Gasteiger partial charge in [-0.3, -0.25) is 14.9 Å². The second-order valence-corrected chi connectivity index (χ2v) is 5.07. The van der Waals surface area contributed by atoms with Gasteiger partial charge in [-0.25, -0.2) is 0 Å². The number of hydrogen-bond donors (Lipinski definition) is 1. The summed E-state index contributed by atoms with van der Waals surface area (Å²) in [6.45, 7) is 1.93. The van der Waals surface area contributed by atoms with Crippen LogP contribution in [0.1, 0.15) is 22.8 Å². The quantitative estimate of drug-likeness (QED) is 0.481. The molecule has 2 aromatic rings. The van der Waals surface area contributed by atoms with E-state index in [2.05, 4.69) is 5.32 Å². The second-order valence-electron chi connectivity index (χ2n) is 5.07. The summed E-state index contributed by atoms with van der Waals surface area (Å²) in [4.78, 5) is 22.0. The molecule has 0 saturated carbocycles. The Morgan fingerprint density at radius 3 is 2.48 bits per heavy atom. The van der Waals surface area contributed by atoms with E-state index < -0.39 is 4.92 Å². The molecule has 0 amide bonds. The number of carbonyl (C=O) groups excluding carboxylic acids is 1. The van der Waals surface area contributed by atoms with E-state index in [1.807, 2.05) is 24.3 Å². The second kappa shape index (κ2) is 7.40. The SMILES string of the molecule is COc1ccc(CCNc2ccc(C(C)=O)cc2[N+](=O)[O-])cc1. The molecule has 0 aliphatic rings. The van der Waals surface area contributed by atoms with Gasteiger partial charge in [0.25, 0.3) is 5.69 Å². The molecule has 0 aromatic heterocycles. The number of benzene rings is 2. The van der Waals surface area contributed by atoms with Crippen molar-refractivity contribution in [2.45, 2.75) is 13.3 Å². The average molecular weight is 314 g/mol. The van der Waals surface area contributed by atoms with Gasteiger partial charge in [0.1, 0.15) is 11.4 Å². The van der Waals surface area contributed by atoms with Crippen LogP contribution in [0.4, 0.5) is 11.4 Å². The Kier molecular flexibility index (Phi) is 5.30. The highest BCUT2D eigenvalue weighted by Crippen LogP contribution is 2.25. The first-order chi connectivity index (χ1) is 11.0. The van der Waals surface area contributed by atoms with Crippen LogP contribution in [-0.2, 0) is 6.42 Å². The van der Waals surface area contributed by atoms with Gasteiger partial charge in [0, 0.05) is 18.2 Å². The lowest BCUT2D eigenvalue weighted by Crippen LogP contribution is -2.07. The summed E-state index contributed by atoms with van der Waals surface area (Å²) in [5, 5.41) is 14.2. The van der Waals surface area contributed by atoms with Crippen molar-refractivity contribution < 1.29 is 14.5 Å². The van der Waals surface area contributed by atoms with Crippen LogP contribution >= 0.6 is 0 Å². The number of nitro benzene ring substituents is 1. The summed E-state index contributed by atoms with van der Waals surface area (Å²) in [5.74, 6) is 0.593. The van der Waals surface area contributed by atoms with Gasteiger partial charge >= 0.3 is 0 Å². The Balaban J connectivity index is 2.04. The molecule has 0 aliphatic carbocycles. The van der Waals surface area contributed by atoms with Crippen molar-refractivity contribution in [3.05, 3.63) is 63.7 Å². The Morgan fingerprint density at radius 2 is 1.91 bits per heavy atom. The van der Waals surface area contributed by atoms with Crippen molar-refractivity contribution in [3.63, 3.8) is 0 Å². The summed E-state index contributed by atoms with van der Waals surface area (Å²) in [6, 6.07) is 12.1. The zero-order chi connectivity index (χ0) is 16.8. The number of ketones is 1. The van der Waals surface area contributed by atoms with Crippen LogP contribution in [-0.4, -0.2) is 24.4 Å². The molecule has 2 rings (SSSR count). The molecular weight excluding hydrogens is 296 g/mol. The van der Waals surface area contributed by atoms with Gasteiger partial charge in [-0.05, 0) is 43.2 Å². The molecule has 0 heterocycles. The molecule has 1 N–H and O–H groups in total. The number of ether oxygens (including phenoxy) is 1. The van der Waals surface area contributed by atoms with E-state index in [0.29, 0.717) is 17.8 Å². The van der Waals surface area contributed by atoms with Crippen LogP contribution in [0, 0.1) is 10.1 Å². The number of hydrogen-bond acceptors (Lipinski definition) is 5. The van der Waals surface area contributed by atoms with E-state index in [-0.39, 0.29) is 11.5 Å². The molecule has 2 aromatic carbocycles. The first-order valence-electron chi connectivity index (χ1n) is 7.17. The number of rotatable bonds is 7. The van der Waals surface area contributed by atoms with Crippen LogP contribution in [0.15, 0.2) is 42.5 Å². The summed E-state index contributed by atoms with van der Waals surface area (Å²) < 4.78 is 5.10. The maximum atomic E-state index is 11.3. The highest BCUT2D eigenvalue weighted by atomic mass is 16.6. The molecule has 0 atom stereocenters. The fraction of sp³-hybridized carbons (Fsp3) is 0.235. The summed E-state index contributed by atoms with van der Waals surface area (Å²) in [6.07, 6.45) is 0.718. The lowest BCUT2D eigenvalue weighted by atomic mass is 10.1. The Morgan fingerprint density at radius 1 is 1.22 bits per heavy atom. The molecule has 0 aliphatic heterocycles. The number of carbonyl (C=O) groups is 1. The number of nitrogens with one attached hydrogen (secondary N) is 1. The molecule has 0 unspecified atom stereocenters. The predicted molar refractivity (Wildman–Crippen MR) is 88.3 cm³/mol. The lowest BCUT2D eigenvalue weighted by molar-refractivity contribution is -0.384. The molecule has 0 fully saturated rings. The van der Waals surface area contributed by atoms with E-state index in [9.17, 15) is 14.9 Å². The van der Waals surface area contributed by atoms with Gasteiger partial charge in [-0.2, -0.15) is 0 Å². The topological polar surface area (TPSA) is 81.5 Å². The molecule has 120 valence electrons. The first kappa shape index (κ1) is 16.5. The fourth-order valence-corrected chi connectivity index (χ4v) is 2.18. The highest BCUT2D eigenvalue weighted by molar-refractivity contribution is 5.95. The zero-order valence-corrected chi connectivity index (χ0v) is 13.0. The number of anilines is 1. The van der Waals surface area contributed by atoms with Crippen LogP contribution in [0.3, 0.4) is 0 Å². The molecular formula is C17H18N2O4. The van der Waals surface area contributed by atoms with E-state index in [1.54, 1.807) is 19.2 Å². The summed E-state index contributed by atoms with van der Waals surface area (Å²) >= 11 is 0. The number of nitro groups is 1. The van der Waals surface area contributed by atoms with Gasteiger partial charge in [0.15, 0.2) is 5.78 Å². The van der Waals surface area contributed by atoms with Gasteiger partial charge < -0.3 is 10.1 Å². The summed E-state index contributed by atoms with van der Waals surface area (Å²) in [7, 11) is 1.61. The van der Waals surface area contributed by atoms with Crippen molar-refractivity contribution in [2.24, 2.45) is 0 Å². The minimum atomic E-state index is -0.484. The monoisotopic (exact) mass is 314 g/mol. The summed E-state index contributed by atoms with van der Waals surface area (Å²) in [5.41, 5.74) is 1.75. The van der Waals surface area contributed by atoms with E-state index in [4.69, 9.17) is 4.74 Å². The Labute approximate surface area is 134 Å². The van der Waals surface area contributed by atoms with Crippen LogP contribution in [0.2, 0.25) is 0 Å². The molecule has 0 radical (unpaired) electrons.